The topological polar surface area (TPSA) is 55.0 Å². The highest BCUT2D eigenvalue weighted by atomic mass is 127. The van der Waals surface area contributed by atoms with Gasteiger partial charge in [0.2, 0.25) is 0 Å². The Balaban J connectivity index is 3.41. The summed E-state index contributed by atoms with van der Waals surface area (Å²) in [5.41, 5.74) is 0.150. The van der Waals surface area contributed by atoms with Crippen LogP contribution in [0.15, 0.2) is 4.79 Å². The summed E-state index contributed by atoms with van der Waals surface area (Å²) in [6, 6.07) is 0. The molecule has 0 aromatic carbocycles. The molecule has 0 fully saturated rings. The smallest absolute Gasteiger partial charge is 0.264 e. The second-order valence-corrected chi connectivity index (χ2v) is 5.56. The molecule has 4 nitrogen and oxygen atoms in total. The maximum atomic E-state index is 11.8. The van der Waals surface area contributed by atoms with E-state index in [4.69, 9.17) is 4.74 Å². The normalized spacial score (nSPS) is 12.2. The highest BCUT2D eigenvalue weighted by Crippen LogP contribution is 2.22. The second-order valence-electron chi connectivity index (χ2n) is 4.48. The van der Waals surface area contributed by atoms with Crippen molar-refractivity contribution in [2.75, 3.05) is 7.11 Å². The molecule has 0 spiro atoms. The molecule has 1 aromatic rings. The van der Waals surface area contributed by atoms with Crippen molar-refractivity contribution in [1.29, 1.82) is 0 Å². The summed E-state index contributed by atoms with van der Waals surface area (Å²) in [6.45, 7) is 7.80. The van der Waals surface area contributed by atoms with E-state index in [-0.39, 0.29) is 11.5 Å². The van der Waals surface area contributed by atoms with Crippen LogP contribution >= 0.6 is 22.6 Å². The third-order valence-corrected chi connectivity index (χ3v) is 3.56. The first-order valence-electron chi connectivity index (χ1n) is 5.15. The number of aromatic nitrogens is 2. The van der Waals surface area contributed by atoms with Crippen LogP contribution in [0.5, 0.6) is 0 Å². The maximum Gasteiger partial charge on any atom is 0.264 e. The minimum absolute atomic E-state index is 0.0978. The number of halogens is 1. The molecule has 5 heteroatoms. The van der Waals surface area contributed by atoms with Crippen LogP contribution in [-0.2, 0) is 10.3 Å². The third kappa shape index (κ3) is 2.63. The van der Waals surface area contributed by atoms with E-state index in [1.807, 2.05) is 50.3 Å². The molecule has 0 saturated heterocycles. The van der Waals surface area contributed by atoms with E-state index in [2.05, 4.69) is 9.97 Å². The van der Waals surface area contributed by atoms with E-state index >= 15 is 0 Å². The lowest BCUT2D eigenvalue weighted by Crippen LogP contribution is -2.29. The molecule has 0 bridgehead atoms. The van der Waals surface area contributed by atoms with Crippen LogP contribution in [0.25, 0.3) is 0 Å². The fourth-order valence-electron chi connectivity index (χ4n) is 1.24. The molecule has 0 aliphatic carbocycles. The van der Waals surface area contributed by atoms with Gasteiger partial charge in [-0.3, -0.25) is 4.79 Å². The molecule has 1 rings (SSSR count). The third-order valence-electron chi connectivity index (χ3n) is 2.52. The molecule has 16 heavy (non-hydrogen) atoms. The van der Waals surface area contributed by atoms with Gasteiger partial charge in [-0.1, -0.05) is 13.8 Å². The zero-order chi connectivity index (χ0) is 12.5. The van der Waals surface area contributed by atoms with Gasteiger partial charge < -0.3 is 9.72 Å². The average molecular weight is 336 g/mol. The number of H-pyrrole nitrogens is 1. The lowest BCUT2D eigenvalue weighted by molar-refractivity contribution is 0.0110. The Labute approximate surface area is 109 Å². The van der Waals surface area contributed by atoms with E-state index in [0.717, 1.165) is 5.69 Å². The van der Waals surface area contributed by atoms with Gasteiger partial charge in [0.15, 0.2) is 0 Å². The average Bonchev–Trinajstić information content (AvgIpc) is 2.21. The van der Waals surface area contributed by atoms with Gasteiger partial charge in [-0.2, -0.15) is 0 Å². The standard InChI is InChI=1S/C11H17IN2O2/c1-6(2)8-7(12)9(15)14-10(13-8)11(3,4)16-5/h6H,1-5H3,(H,13,14,15). The molecule has 0 radical (unpaired) electrons. The van der Waals surface area contributed by atoms with Gasteiger partial charge in [-0.05, 0) is 42.4 Å². The Morgan fingerprint density at radius 1 is 1.44 bits per heavy atom. The van der Waals surface area contributed by atoms with Gasteiger partial charge in [-0.15, -0.1) is 0 Å². The second kappa shape index (κ2) is 4.83. The Kier molecular flexibility index (Phi) is 4.12. The van der Waals surface area contributed by atoms with Crippen molar-refractivity contribution in [2.24, 2.45) is 0 Å². The molecule has 0 atom stereocenters. The van der Waals surface area contributed by atoms with Gasteiger partial charge in [0.1, 0.15) is 11.4 Å². The van der Waals surface area contributed by atoms with Crippen molar-refractivity contribution >= 4 is 22.6 Å². The molecule has 0 aliphatic rings. The summed E-state index contributed by atoms with van der Waals surface area (Å²) in [4.78, 5) is 19.0. The van der Waals surface area contributed by atoms with E-state index in [0.29, 0.717) is 9.39 Å². The molecule has 90 valence electrons. The minimum atomic E-state index is -0.576. The molecule has 0 saturated carbocycles. The highest BCUT2D eigenvalue weighted by molar-refractivity contribution is 14.1. The van der Waals surface area contributed by atoms with Crippen LogP contribution in [0.1, 0.15) is 45.1 Å². The Hall–Kier alpha value is -0.430. The summed E-state index contributed by atoms with van der Waals surface area (Å²) >= 11 is 2.03. The summed E-state index contributed by atoms with van der Waals surface area (Å²) in [5, 5.41) is 0. The molecule has 0 amide bonds. The molecule has 0 aliphatic heterocycles. The van der Waals surface area contributed by atoms with E-state index in [1.165, 1.54) is 0 Å². The monoisotopic (exact) mass is 336 g/mol. The highest BCUT2D eigenvalue weighted by Gasteiger charge is 2.25. The number of aromatic amines is 1. The number of nitrogens with zero attached hydrogens (tertiary/aromatic N) is 1. The number of ether oxygens (including phenoxy) is 1. The molecular weight excluding hydrogens is 319 g/mol. The molecule has 1 heterocycles. The van der Waals surface area contributed by atoms with Gasteiger partial charge >= 0.3 is 0 Å². The zero-order valence-electron chi connectivity index (χ0n) is 10.2. The van der Waals surface area contributed by atoms with E-state index in [9.17, 15) is 4.79 Å². The summed E-state index contributed by atoms with van der Waals surface area (Å²) in [6.07, 6.45) is 0. The number of hydrogen-bond donors (Lipinski definition) is 1. The van der Waals surface area contributed by atoms with Crippen LogP contribution in [0.4, 0.5) is 0 Å². The van der Waals surface area contributed by atoms with Crippen molar-refractivity contribution in [3.63, 3.8) is 0 Å². The fourth-order valence-corrected chi connectivity index (χ4v) is 2.12. The van der Waals surface area contributed by atoms with Crippen LogP contribution in [0.3, 0.4) is 0 Å². The van der Waals surface area contributed by atoms with Crippen LogP contribution in [0.2, 0.25) is 0 Å². The van der Waals surface area contributed by atoms with E-state index in [1.54, 1.807) is 7.11 Å². The molecule has 0 unspecified atom stereocenters. The Morgan fingerprint density at radius 3 is 2.44 bits per heavy atom. The first-order chi connectivity index (χ1) is 7.29. The Morgan fingerprint density at radius 2 is 2.00 bits per heavy atom. The largest absolute Gasteiger partial charge is 0.371 e. The van der Waals surface area contributed by atoms with Crippen LogP contribution < -0.4 is 5.56 Å². The van der Waals surface area contributed by atoms with Crippen molar-refractivity contribution in [2.45, 2.75) is 39.2 Å². The van der Waals surface area contributed by atoms with Gasteiger partial charge in [0, 0.05) is 7.11 Å². The molecule has 1 aromatic heterocycles. The maximum absolute atomic E-state index is 11.8. The van der Waals surface area contributed by atoms with Crippen molar-refractivity contribution in [1.82, 2.24) is 9.97 Å². The van der Waals surface area contributed by atoms with E-state index < -0.39 is 5.60 Å². The quantitative estimate of drug-likeness (QED) is 0.863. The molecular formula is C11H17IN2O2. The van der Waals surface area contributed by atoms with Crippen molar-refractivity contribution < 1.29 is 4.74 Å². The van der Waals surface area contributed by atoms with Gasteiger partial charge in [-0.25, -0.2) is 4.98 Å². The summed E-state index contributed by atoms with van der Waals surface area (Å²) in [5.74, 6) is 0.796. The fraction of sp³-hybridized carbons (Fsp3) is 0.636. The lowest BCUT2D eigenvalue weighted by Gasteiger charge is -2.22. The summed E-state index contributed by atoms with van der Waals surface area (Å²) < 4.78 is 5.97. The van der Waals surface area contributed by atoms with Crippen molar-refractivity contribution in [3.8, 4) is 0 Å². The molecule has 1 N–H and O–H groups in total. The minimum Gasteiger partial charge on any atom is -0.371 e. The SMILES string of the molecule is COC(C)(C)c1nc(C(C)C)c(I)c(=O)[nH]1. The Bertz CT molecular complexity index is 438. The number of rotatable bonds is 3. The first kappa shape index (κ1) is 13.6. The predicted octanol–water partition coefficient (Wildman–Crippen LogP) is 2.38. The van der Waals surface area contributed by atoms with Crippen molar-refractivity contribution in [3.05, 3.63) is 25.4 Å². The van der Waals surface area contributed by atoms with Gasteiger partial charge in [0.05, 0.1) is 9.26 Å². The number of hydrogen-bond acceptors (Lipinski definition) is 3. The number of nitrogens with one attached hydrogen (secondary N) is 1. The number of methoxy groups -OCH3 is 1. The first-order valence-corrected chi connectivity index (χ1v) is 6.22. The van der Waals surface area contributed by atoms with Crippen LogP contribution in [0, 0.1) is 3.57 Å². The summed E-state index contributed by atoms with van der Waals surface area (Å²) in [7, 11) is 1.60. The predicted molar refractivity (Wildman–Crippen MR) is 71.7 cm³/mol. The zero-order valence-corrected chi connectivity index (χ0v) is 12.4. The van der Waals surface area contributed by atoms with Crippen LogP contribution in [-0.4, -0.2) is 17.1 Å². The van der Waals surface area contributed by atoms with Gasteiger partial charge in [0.25, 0.3) is 5.56 Å². The lowest BCUT2D eigenvalue weighted by atomic mass is 10.1.